The van der Waals surface area contributed by atoms with Crippen LogP contribution in [0.1, 0.15) is 31.0 Å². The quantitative estimate of drug-likeness (QED) is 0.569. The predicted octanol–water partition coefficient (Wildman–Crippen LogP) is 4.08. The Hall–Kier alpha value is -3.12. The van der Waals surface area contributed by atoms with Crippen LogP contribution in [-0.2, 0) is 6.54 Å². The second kappa shape index (κ2) is 9.19. The van der Waals surface area contributed by atoms with E-state index in [0.717, 1.165) is 34.9 Å². The summed E-state index contributed by atoms with van der Waals surface area (Å²) < 4.78 is 12.9. The maximum absolute atomic E-state index is 5.80. The van der Waals surface area contributed by atoms with Gasteiger partial charge in [0.15, 0.2) is 11.5 Å². The second-order valence-corrected chi connectivity index (χ2v) is 6.77. The zero-order valence-electron chi connectivity index (χ0n) is 16.6. The summed E-state index contributed by atoms with van der Waals surface area (Å²) in [6.45, 7) is 9.16. The van der Waals surface area contributed by atoms with Crippen molar-refractivity contribution < 1.29 is 9.47 Å². The van der Waals surface area contributed by atoms with Crippen molar-refractivity contribution in [3.63, 3.8) is 0 Å². The van der Waals surface area contributed by atoms with Crippen molar-refractivity contribution in [2.24, 2.45) is 0 Å². The number of hydrogen-bond donors (Lipinski definition) is 1. The van der Waals surface area contributed by atoms with E-state index in [2.05, 4.69) is 41.0 Å². The number of hydrogen-bond acceptors (Lipinski definition) is 5. The molecule has 0 bridgehead atoms. The molecule has 0 saturated carbocycles. The van der Waals surface area contributed by atoms with Gasteiger partial charge in [0.1, 0.15) is 19.3 Å². The number of nitrogens with one attached hydrogen (secondary N) is 1. The van der Waals surface area contributed by atoms with E-state index in [4.69, 9.17) is 9.47 Å². The van der Waals surface area contributed by atoms with Gasteiger partial charge in [0, 0.05) is 12.6 Å². The second-order valence-electron chi connectivity index (χ2n) is 6.77. The van der Waals surface area contributed by atoms with E-state index < -0.39 is 0 Å². The monoisotopic (exact) mass is 378 g/mol. The summed E-state index contributed by atoms with van der Waals surface area (Å²) in [7, 11) is 1.64. The summed E-state index contributed by atoms with van der Waals surface area (Å²) >= 11 is 0. The summed E-state index contributed by atoms with van der Waals surface area (Å²) in [6, 6.07) is 14.5. The molecule has 0 aliphatic rings. The Bertz CT molecular complexity index is 905. The third kappa shape index (κ3) is 4.98. The highest BCUT2D eigenvalue weighted by Crippen LogP contribution is 2.28. The molecule has 3 aromatic rings. The number of rotatable bonds is 9. The zero-order chi connectivity index (χ0) is 19.9. The molecule has 28 heavy (non-hydrogen) atoms. The first kappa shape index (κ1) is 19.6. The third-order valence-electron chi connectivity index (χ3n) is 4.39. The van der Waals surface area contributed by atoms with Crippen LogP contribution in [0.3, 0.4) is 0 Å². The lowest BCUT2D eigenvalue weighted by Crippen LogP contribution is -2.18. The van der Waals surface area contributed by atoms with Gasteiger partial charge in [0.2, 0.25) is 0 Å². The van der Waals surface area contributed by atoms with Crippen LogP contribution in [0.4, 0.5) is 0 Å². The fourth-order valence-electron chi connectivity index (χ4n) is 2.79. The molecule has 1 N–H and O–H groups in total. The molecule has 0 aliphatic heterocycles. The first-order chi connectivity index (χ1) is 13.6. The first-order valence-corrected chi connectivity index (χ1v) is 9.19. The van der Waals surface area contributed by atoms with Crippen LogP contribution in [0.2, 0.25) is 0 Å². The van der Waals surface area contributed by atoms with Crippen LogP contribution >= 0.6 is 0 Å². The molecule has 1 atom stereocenters. The molecule has 3 rings (SSSR count). The lowest BCUT2D eigenvalue weighted by molar-refractivity contribution is 0.319. The van der Waals surface area contributed by atoms with E-state index in [1.54, 1.807) is 18.1 Å². The lowest BCUT2D eigenvalue weighted by atomic mass is 10.1. The number of nitrogens with zero attached hydrogens (tertiary/aromatic N) is 3. The standard InChI is InChI=1S/C22H26N4O2/c1-16(2)13-28-22-11-18(5-10-21(22)27-4)12-24-17(3)19-6-8-20(9-7-19)26-15-23-14-25-26/h5-11,14-15,17,24H,1,12-13H2,2-4H3. The molecule has 6 nitrogen and oxygen atoms in total. The molecule has 0 amide bonds. The fourth-order valence-corrected chi connectivity index (χ4v) is 2.79. The molecule has 6 heteroatoms. The van der Waals surface area contributed by atoms with Gasteiger partial charge in [-0.1, -0.05) is 24.8 Å². The van der Waals surface area contributed by atoms with E-state index >= 15 is 0 Å². The summed E-state index contributed by atoms with van der Waals surface area (Å²) in [5.74, 6) is 1.45. The van der Waals surface area contributed by atoms with Gasteiger partial charge in [-0.15, -0.1) is 0 Å². The molecule has 1 aromatic heterocycles. The van der Waals surface area contributed by atoms with Gasteiger partial charge in [-0.25, -0.2) is 9.67 Å². The summed E-state index contributed by atoms with van der Waals surface area (Å²) in [4.78, 5) is 3.98. The predicted molar refractivity (Wildman–Crippen MR) is 110 cm³/mol. The molecule has 0 aliphatic carbocycles. The topological polar surface area (TPSA) is 61.2 Å². The summed E-state index contributed by atoms with van der Waals surface area (Å²) in [6.07, 6.45) is 3.22. The highest BCUT2D eigenvalue weighted by molar-refractivity contribution is 5.43. The van der Waals surface area contributed by atoms with Gasteiger partial charge in [0.05, 0.1) is 12.8 Å². The average molecular weight is 378 g/mol. The van der Waals surface area contributed by atoms with Crippen molar-refractivity contribution in [3.8, 4) is 17.2 Å². The minimum Gasteiger partial charge on any atom is -0.493 e. The van der Waals surface area contributed by atoms with E-state index in [-0.39, 0.29) is 6.04 Å². The van der Waals surface area contributed by atoms with Crippen LogP contribution in [0.25, 0.3) is 5.69 Å². The summed E-state index contributed by atoms with van der Waals surface area (Å²) in [5, 5.41) is 7.70. The van der Waals surface area contributed by atoms with Crippen LogP contribution < -0.4 is 14.8 Å². The van der Waals surface area contributed by atoms with Gasteiger partial charge < -0.3 is 14.8 Å². The van der Waals surface area contributed by atoms with Crippen LogP contribution in [0.5, 0.6) is 11.5 Å². The minimum absolute atomic E-state index is 0.201. The van der Waals surface area contributed by atoms with Crippen LogP contribution in [-0.4, -0.2) is 28.5 Å². The third-order valence-corrected chi connectivity index (χ3v) is 4.39. The Kier molecular flexibility index (Phi) is 6.45. The molecule has 146 valence electrons. The number of ether oxygens (including phenoxy) is 2. The molecule has 0 spiro atoms. The van der Waals surface area contributed by atoms with E-state index in [9.17, 15) is 0 Å². The van der Waals surface area contributed by atoms with Gasteiger partial charge in [-0.3, -0.25) is 0 Å². The normalized spacial score (nSPS) is 11.8. The Balaban J connectivity index is 1.62. The molecular weight excluding hydrogens is 352 g/mol. The molecule has 1 unspecified atom stereocenters. The van der Waals surface area contributed by atoms with E-state index in [1.165, 1.54) is 11.9 Å². The molecule has 0 saturated heterocycles. The highest BCUT2D eigenvalue weighted by atomic mass is 16.5. The Labute approximate surface area is 165 Å². The number of methoxy groups -OCH3 is 1. The largest absolute Gasteiger partial charge is 0.493 e. The fraction of sp³-hybridized carbons (Fsp3) is 0.273. The van der Waals surface area contributed by atoms with Gasteiger partial charge in [-0.05, 0) is 54.8 Å². The maximum atomic E-state index is 5.80. The van der Waals surface area contributed by atoms with Crippen molar-refractivity contribution in [2.75, 3.05) is 13.7 Å². The lowest BCUT2D eigenvalue weighted by Gasteiger charge is -2.16. The van der Waals surface area contributed by atoms with Crippen molar-refractivity contribution in [2.45, 2.75) is 26.4 Å². The van der Waals surface area contributed by atoms with Crippen molar-refractivity contribution in [1.82, 2.24) is 20.1 Å². The molecule has 0 fully saturated rings. The van der Waals surface area contributed by atoms with Crippen LogP contribution in [0.15, 0.2) is 67.3 Å². The first-order valence-electron chi connectivity index (χ1n) is 9.19. The maximum Gasteiger partial charge on any atom is 0.161 e. The van der Waals surface area contributed by atoms with E-state index in [0.29, 0.717) is 6.61 Å². The van der Waals surface area contributed by atoms with Gasteiger partial charge >= 0.3 is 0 Å². The average Bonchev–Trinajstić information content (AvgIpc) is 3.25. The molecule has 2 aromatic carbocycles. The number of aromatic nitrogens is 3. The van der Waals surface area contributed by atoms with E-state index in [1.807, 2.05) is 37.3 Å². The smallest absolute Gasteiger partial charge is 0.161 e. The van der Waals surface area contributed by atoms with Crippen molar-refractivity contribution >= 4 is 0 Å². The molecular formula is C22H26N4O2. The highest BCUT2D eigenvalue weighted by Gasteiger charge is 2.09. The molecule has 1 heterocycles. The Morgan fingerprint density at radius 2 is 1.96 bits per heavy atom. The Morgan fingerprint density at radius 3 is 2.61 bits per heavy atom. The molecule has 0 radical (unpaired) electrons. The zero-order valence-corrected chi connectivity index (χ0v) is 16.6. The van der Waals surface area contributed by atoms with Crippen molar-refractivity contribution in [3.05, 3.63) is 78.4 Å². The summed E-state index contributed by atoms with van der Waals surface area (Å²) in [5.41, 5.74) is 4.29. The van der Waals surface area contributed by atoms with Gasteiger partial charge in [-0.2, -0.15) is 5.10 Å². The van der Waals surface area contributed by atoms with Gasteiger partial charge in [0.25, 0.3) is 0 Å². The van der Waals surface area contributed by atoms with Crippen LogP contribution in [0, 0.1) is 0 Å². The van der Waals surface area contributed by atoms with Crippen molar-refractivity contribution in [1.29, 1.82) is 0 Å². The number of benzene rings is 2. The Morgan fingerprint density at radius 1 is 1.18 bits per heavy atom. The SMILES string of the molecule is C=C(C)COc1cc(CNC(C)c2ccc(-n3cncn3)cc2)ccc1OC. The minimum atomic E-state index is 0.201.